The van der Waals surface area contributed by atoms with E-state index in [-0.39, 0.29) is 27.5 Å². The predicted molar refractivity (Wildman–Crippen MR) is 139 cm³/mol. The molecule has 1 atom stereocenters. The van der Waals surface area contributed by atoms with Crippen molar-refractivity contribution in [2.75, 3.05) is 12.0 Å². The van der Waals surface area contributed by atoms with E-state index in [9.17, 15) is 19.1 Å². The summed E-state index contributed by atoms with van der Waals surface area (Å²) < 4.78 is 19.3. The number of carbonyl (C=O) groups is 2. The fraction of sp³-hybridized carbons (Fsp3) is 0.241. The van der Waals surface area contributed by atoms with Gasteiger partial charge in [-0.1, -0.05) is 68.3 Å². The SMILES string of the molecule is COc1ccc(C)cc1/C(O)=C1\C(=O)C(=O)N(c2ccc(F)c(Cl)c2)C1c1ccc(C(C)(C)C)cc1. The molecule has 0 aliphatic carbocycles. The maximum atomic E-state index is 13.9. The minimum absolute atomic E-state index is 0.0899. The molecule has 36 heavy (non-hydrogen) atoms. The maximum Gasteiger partial charge on any atom is 0.300 e. The number of nitrogens with zero attached hydrogens (tertiary/aromatic N) is 1. The van der Waals surface area contributed by atoms with Gasteiger partial charge in [0.25, 0.3) is 11.7 Å². The highest BCUT2D eigenvalue weighted by Gasteiger charge is 2.47. The molecule has 0 bridgehead atoms. The van der Waals surface area contributed by atoms with Crippen molar-refractivity contribution < 1.29 is 23.8 Å². The van der Waals surface area contributed by atoms with E-state index < -0.39 is 23.5 Å². The van der Waals surface area contributed by atoms with E-state index in [4.69, 9.17) is 16.3 Å². The van der Waals surface area contributed by atoms with Crippen LogP contribution >= 0.6 is 11.6 Å². The van der Waals surface area contributed by atoms with E-state index >= 15 is 0 Å². The number of carbonyl (C=O) groups excluding carboxylic acids is 2. The zero-order valence-electron chi connectivity index (χ0n) is 20.7. The molecule has 3 aromatic rings. The molecule has 1 unspecified atom stereocenters. The Kier molecular flexibility index (Phi) is 6.67. The lowest BCUT2D eigenvalue weighted by Gasteiger charge is -2.27. The molecule has 186 valence electrons. The van der Waals surface area contributed by atoms with Crippen molar-refractivity contribution >= 4 is 34.7 Å². The lowest BCUT2D eigenvalue weighted by atomic mass is 9.85. The van der Waals surface area contributed by atoms with Crippen molar-refractivity contribution in [1.29, 1.82) is 0 Å². The predicted octanol–water partition coefficient (Wildman–Crippen LogP) is 6.72. The second-order valence-electron chi connectivity index (χ2n) is 9.84. The van der Waals surface area contributed by atoms with Crippen LogP contribution in [-0.2, 0) is 15.0 Å². The van der Waals surface area contributed by atoms with Crippen LogP contribution in [0.3, 0.4) is 0 Å². The fourth-order valence-electron chi connectivity index (χ4n) is 4.37. The van der Waals surface area contributed by atoms with Gasteiger partial charge in [-0.15, -0.1) is 0 Å². The third-order valence-corrected chi connectivity index (χ3v) is 6.62. The van der Waals surface area contributed by atoms with Gasteiger partial charge in [0, 0.05) is 5.69 Å². The number of ketones is 1. The summed E-state index contributed by atoms with van der Waals surface area (Å²) in [4.78, 5) is 28.0. The van der Waals surface area contributed by atoms with Crippen molar-refractivity contribution in [3.8, 4) is 5.75 Å². The number of aliphatic hydroxyl groups is 1. The average Bonchev–Trinajstić information content (AvgIpc) is 3.10. The van der Waals surface area contributed by atoms with E-state index in [1.54, 1.807) is 12.1 Å². The van der Waals surface area contributed by atoms with Gasteiger partial charge >= 0.3 is 0 Å². The number of ether oxygens (including phenoxy) is 1. The number of methoxy groups -OCH3 is 1. The molecular formula is C29H27ClFNO4. The molecule has 1 amide bonds. The van der Waals surface area contributed by atoms with Crippen LogP contribution < -0.4 is 9.64 Å². The number of benzene rings is 3. The van der Waals surface area contributed by atoms with Gasteiger partial charge in [0.1, 0.15) is 17.3 Å². The number of aliphatic hydroxyl groups excluding tert-OH is 1. The smallest absolute Gasteiger partial charge is 0.300 e. The second-order valence-corrected chi connectivity index (χ2v) is 10.3. The molecule has 1 aliphatic heterocycles. The lowest BCUT2D eigenvalue weighted by molar-refractivity contribution is -0.132. The number of rotatable bonds is 4. The molecule has 0 radical (unpaired) electrons. The Hall–Kier alpha value is -3.64. The number of aryl methyl sites for hydroxylation is 1. The molecule has 0 aromatic heterocycles. The van der Waals surface area contributed by atoms with E-state index in [1.807, 2.05) is 37.3 Å². The van der Waals surface area contributed by atoms with Gasteiger partial charge in [-0.2, -0.15) is 0 Å². The molecule has 1 saturated heterocycles. The zero-order valence-corrected chi connectivity index (χ0v) is 21.5. The van der Waals surface area contributed by atoms with Crippen LogP contribution in [0.15, 0.2) is 66.2 Å². The highest BCUT2D eigenvalue weighted by atomic mass is 35.5. The van der Waals surface area contributed by atoms with E-state index in [2.05, 4.69) is 20.8 Å². The van der Waals surface area contributed by atoms with Crippen LogP contribution in [0, 0.1) is 12.7 Å². The largest absolute Gasteiger partial charge is 0.507 e. The van der Waals surface area contributed by atoms with Gasteiger partial charge in [0.15, 0.2) is 0 Å². The third kappa shape index (κ3) is 4.49. The summed E-state index contributed by atoms with van der Waals surface area (Å²) in [6, 6.07) is 15.6. The summed E-state index contributed by atoms with van der Waals surface area (Å²) in [7, 11) is 1.46. The molecule has 5 nitrogen and oxygen atoms in total. The molecule has 3 aromatic carbocycles. The summed E-state index contributed by atoms with van der Waals surface area (Å²) in [5.74, 6) is -2.35. The Bertz CT molecular complexity index is 1390. The first-order chi connectivity index (χ1) is 16.9. The number of amides is 1. The molecular weight excluding hydrogens is 481 g/mol. The molecule has 7 heteroatoms. The Morgan fingerprint density at radius 1 is 1.03 bits per heavy atom. The van der Waals surface area contributed by atoms with Crippen LogP contribution in [0.4, 0.5) is 10.1 Å². The molecule has 4 rings (SSSR count). The van der Waals surface area contributed by atoms with E-state index in [1.165, 1.54) is 24.1 Å². The maximum absolute atomic E-state index is 13.9. The summed E-state index contributed by atoms with van der Waals surface area (Å²) in [6.07, 6.45) is 0. The Labute approximate surface area is 214 Å². The first-order valence-corrected chi connectivity index (χ1v) is 11.8. The van der Waals surface area contributed by atoms with Crippen molar-refractivity contribution in [2.24, 2.45) is 0 Å². The van der Waals surface area contributed by atoms with Crippen molar-refractivity contribution in [3.63, 3.8) is 0 Å². The first kappa shape index (κ1) is 25.5. The Morgan fingerprint density at radius 2 is 1.69 bits per heavy atom. The van der Waals surface area contributed by atoms with Crippen LogP contribution in [0.2, 0.25) is 5.02 Å². The molecule has 1 fully saturated rings. The van der Waals surface area contributed by atoms with Gasteiger partial charge in [-0.3, -0.25) is 14.5 Å². The summed E-state index contributed by atoms with van der Waals surface area (Å²) >= 11 is 6.02. The quantitative estimate of drug-likeness (QED) is 0.242. The van der Waals surface area contributed by atoms with Crippen molar-refractivity contribution in [3.05, 3.63) is 99.3 Å². The van der Waals surface area contributed by atoms with Gasteiger partial charge in [0.05, 0.1) is 29.3 Å². The summed E-state index contributed by atoms with van der Waals surface area (Å²) in [6.45, 7) is 8.09. The molecule has 0 saturated carbocycles. The molecule has 0 spiro atoms. The van der Waals surface area contributed by atoms with Gasteiger partial charge in [-0.25, -0.2) is 4.39 Å². The standard InChI is InChI=1S/C29H27ClFNO4/c1-16-6-13-23(36-5)20(14-16)26(33)24-25(17-7-9-18(10-8-17)29(2,3)4)32(28(35)27(24)34)19-11-12-22(31)21(30)15-19/h6-15,25,33H,1-5H3/b26-24+. The van der Waals surface area contributed by atoms with E-state index in [0.29, 0.717) is 16.9 Å². The number of halogens is 2. The first-order valence-electron chi connectivity index (χ1n) is 11.5. The third-order valence-electron chi connectivity index (χ3n) is 6.33. The van der Waals surface area contributed by atoms with Gasteiger partial charge in [0.2, 0.25) is 0 Å². The number of hydrogen-bond acceptors (Lipinski definition) is 4. The Balaban J connectivity index is 1.98. The molecule has 1 heterocycles. The summed E-state index contributed by atoms with van der Waals surface area (Å²) in [5, 5.41) is 11.3. The lowest BCUT2D eigenvalue weighted by Crippen LogP contribution is -2.29. The van der Waals surface area contributed by atoms with E-state index in [0.717, 1.165) is 17.2 Å². The second kappa shape index (κ2) is 9.43. The zero-order chi connectivity index (χ0) is 26.4. The van der Waals surface area contributed by atoms with Crippen LogP contribution in [0.25, 0.3) is 5.76 Å². The topological polar surface area (TPSA) is 66.8 Å². The van der Waals surface area contributed by atoms with Gasteiger partial charge < -0.3 is 9.84 Å². The number of hydrogen-bond donors (Lipinski definition) is 1. The minimum Gasteiger partial charge on any atom is -0.507 e. The van der Waals surface area contributed by atoms with Gasteiger partial charge in [-0.05, 0) is 53.8 Å². The summed E-state index contributed by atoms with van der Waals surface area (Å²) in [5.41, 5.74) is 2.84. The van der Waals surface area contributed by atoms with Crippen LogP contribution in [0.1, 0.15) is 49.1 Å². The fourth-order valence-corrected chi connectivity index (χ4v) is 4.54. The highest BCUT2D eigenvalue weighted by molar-refractivity contribution is 6.51. The monoisotopic (exact) mass is 507 g/mol. The molecule has 1 aliphatic rings. The van der Waals surface area contributed by atoms with Crippen LogP contribution in [0.5, 0.6) is 5.75 Å². The van der Waals surface area contributed by atoms with Crippen LogP contribution in [-0.4, -0.2) is 23.9 Å². The van der Waals surface area contributed by atoms with Crippen molar-refractivity contribution in [2.45, 2.75) is 39.2 Å². The minimum atomic E-state index is -0.967. The normalized spacial score (nSPS) is 17.5. The molecule has 1 N–H and O–H groups in total. The Morgan fingerprint density at radius 3 is 2.28 bits per heavy atom. The number of anilines is 1. The van der Waals surface area contributed by atoms with Crippen molar-refractivity contribution in [1.82, 2.24) is 0 Å². The highest BCUT2D eigenvalue weighted by Crippen LogP contribution is 2.44. The average molecular weight is 508 g/mol. The number of Topliss-reactive ketones (excluding diaryl/α,β-unsaturated/α-hetero) is 1.